The minimum atomic E-state index is -0.625. The lowest BCUT2D eigenvalue weighted by molar-refractivity contribution is -0.107. The van der Waals surface area contributed by atoms with Crippen molar-refractivity contribution >= 4 is 18.9 Å². The Hall–Kier alpha value is -1.40. The summed E-state index contributed by atoms with van der Waals surface area (Å²) in [6, 6.07) is 1.54. The number of hydrogen-bond acceptors (Lipinski definition) is 5. The number of rotatable bonds is 3. The second-order valence-electron chi connectivity index (χ2n) is 5.69. The molecule has 0 aromatic carbocycles. The van der Waals surface area contributed by atoms with Gasteiger partial charge in [-0.05, 0) is 33.8 Å². The Kier molecular flexibility index (Phi) is 3.41. The van der Waals surface area contributed by atoms with Crippen LogP contribution >= 0.6 is 0 Å². The summed E-state index contributed by atoms with van der Waals surface area (Å²) < 4.78 is 11.8. The van der Waals surface area contributed by atoms with Crippen LogP contribution in [0.1, 0.15) is 33.4 Å². The zero-order valence-electron chi connectivity index (χ0n) is 11.6. The molecule has 1 aliphatic heterocycles. The van der Waals surface area contributed by atoms with E-state index in [0.717, 1.165) is 6.29 Å². The summed E-state index contributed by atoms with van der Waals surface area (Å²) >= 11 is 0. The molecule has 1 aliphatic rings. The number of aldehydes is 1. The van der Waals surface area contributed by atoms with Crippen molar-refractivity contribution in [2.75, 3.05) is 0 Å². The summed E-state index contributed by atoms with van der Waals surface area (Å²) in [5.41, 5.74) is 0.223. The van der Waals surface area contributed by atoms with Crippen molar-refractivity contribution in [3.05, 3.63) is 18.0 Å². The van der Waals surface area contributed by atoms with Gasteiger partial charge in [-0.3, -0.25) is 4.98 Å². The molecule has 102 valence electrons. The molecular weight excluding hydrogens is 245 g/mol. The number of hydrogen-bond donors (Lipinski definition) is 1. The van der Waals surface area contributed by atoms with Gasteiger partial charge >= 0.3 is 7.12 Å². The molecule has 0 saturated carbocycles. The van der Waals surface area contributed by atoms with E-state index in [1.807, 2.05) is 27.7 Å². The van der Waals surface area contributed by atoms with Crippen molar-refractivity contribution in [2.24, 2.45) is 0 Å². The smallest absolute Gasteiger partial charge is 0.496 e. The SMILES string of the molecule is CC1(C)OB(c2cc(O)cnc2CC=O)OC1(C)C. The van der Waals surface area contributed by atoms with Crippen molar-refractivity contribution in [3.8, 4) is 5.75 Å². The molecule has 1 saturated heterocycles. The Labute approximate surface area is 113 Å². The lowest BCUT2D eigenvalue weighted by atomic mass is 9.77. The van der Waals surface area contributed by atoms with Crippen molar-refractivity contribution < 1.29 is 19.2 Å². The molecule has 6 heteroatoms. The van der Waals surface area contributed by atoms with Crippen LogP contribution < -0.4 is 5.46 Å². The van der Waals surface area contributed by atoms with E-state index in [0.29, 0.717) is 11.2 Å². The number of carbonyl (C=O) groups excluding carboxylic acids is 1. The lowest BCUT2D eigenvalue weighted by Crippen LogP contribution is -2.41. The van der Waals surface area contributed by atoms with Gasteiger partial charge in [-0.1, -0.05) is 0 Å². The van der Waals surface area contributed by atoms with Crippen LogP contribution in [0.15, 0.2) is 12.3 Å². The Morgan fingerprint density at radius 2 is 1.89 bits per heavy atom. The predicted octanol–water partition coefficient (Wildman–Crippen LogP) is 0.828. The van der Waals surface area contributed by atoms with Crippen molar-refractivity contribution in [3.63, 3.8) is 0 Å². The van der Waals surface area contributed by atoms with E-state index in [4.69, 9.17) is 9.31 Å². The Morgan fingerprint density at radius 1 is 1.32 bits per heavy atom. The van der Waals surface area contributed by atoms with Gasteiger partial charge in [-0.2, -0.15) is 0 Å². The van der Waals surface area contributed by atoms with E-state index >= 15 is 0 Å². The fourth-order valence-corrected chi connectivity index (χ4v) is 1.92. The standard InChI is InChI=1S/C13H18BNO4/c1-12(2)13(3,4)19-14(18-12)10-7-9(17)8-15-11(10)5-6-16/h6-8,17H,5H2,1-4H3. The van der Waals surface area contributed by atoms with Gasteiger partial charge < -0.3 is 19.2 Å². The topological polar surface area (TPSA) is 68.7 Å². The predicted molar refractivity (Wildman–Crippen MR) is 71.4 cm³/mol. The summed E-state index contributed by atoms with van der Waals surface area (Å²) in [7, 11) is -0.625. The highest BCUT2D eigenvalue weighted by atomic mass is 16.7. The van der Waals surface area contributed by atoms with Crippen LogP contribution in [-0.2, 0) is 20.5 Å². The highest BCUT2D eigenvalue weighted by Gasteiger charge is 2.52. The molecule has 0 spiro atoms. The first-order valence-corrected chi connectivity index (χ1v) is 6.24. The first-order chi connectivity index (χ1) is 8.77. The summed E-state index contributed by atoms with van der Waals surface area (Å²) in [5, 5.41) is 9.56. The van der Waals surface area contributed by atoms with Crippen LogP contribution in [0.5, 0.6) is 5.75 Å². The van der Waals surface area contributed by atoms with Crippen LogP contribution in [0.3, 0.4) is 0 Å². The highest BCUT2D eigenvalue weighted by Crippen LogP contribution is 2.36. The summed E-state index contributed by atoms with van der Waals surface area (Å²) in [6.07, 6.45) is 2.25. The number of aromatic nitrogens is 1. The van der Waals surface area contributed by atoms with E-state index in [2.05, 4.69) is 4.98 Å². The summed E-state index contributed by atoms with van der Waals surface area (Å²) in [4.78, 5) is 14.8. The minimum absolute atomic E-state index is 0.0272. The lowest BCUT2D eigenvalue weighted by Gasteiger charge is -2.32. The maximum atomic E-state index is 10.7. The number of aromatic hydroxyl groups is 1. The van der Waals surface area contributed by atoms with E-state index in [9.17, 15) is 9.90 Å². The molecule has 0 amide bonds. The Bertz CT molecular complexity index is 485. The molecule has 0 atom stereocenters. The Morgan fingerprint density at radius 3 is 2.42 bits per heavy atom. The van der Waals surface area contributed by atoms with Crippen molar-refractivity contribution in [2.45, 2.75) is 45.3 Å². The molecule has 19 heavy (non-hydrogen) atoms. The highest BCUT2D eigenvalue weighted by molar-refractivity contribution is 6.62. The molecule has 0 unspecified atom stereocenters. The molecule has 1 fully saturated rings. The minimum Gasteiger partial charge on any atom is -0.506 e. The molecule has 1 aromatic heterocycles. The second kappa shape index (κ2) is 4.61. The maximum absolute atomic E-state index is 10.7. The molecule has 0 radical (unpaired) electrons. The van der Waals surface area contributed by atoms with Gasteiger partial charge in [0.25, 0.3) is 0 Å². The normalized spacial score (nSPS) is 20.5. The molecule has 1 aromatic rings. The van der Waals surface area contributed by atoms with Gasteiger partial charge in [0.05, 0.1) is 17.4 Å². The molecule has 5 nitrogen and oxygen atoms in total. The number of pyridine rings is 1. The number of nitrogens with zero attached hydrogens (tertiary/aromatic N) is 1. The van der Waals surface area contributed by atoms with Gasteiger partial charge in [0.15, 0.2) is 0 Å². The van der Waals surface area contributed by atoms with E-state index in [1.165, 1.54) is 12.3 Å². The average molecular weight is 263 g/mol. The maximum Gasteiger partial charge on any atom is 0.496 e. The fourth-order valence-electron chi connectivity index (χ4n) is 1.92. The van der Waals surface area contributed by atoms with Gasteiger partial charge in [0, 0.05) is 17.6 Å². The van der Waals surface area contributed by atoms with Crippen molar-refractivity contribution in [1.82, 2.24) is 4.98 Å². The molecule has 2 rings (SSSR count). The molecule has 1 N–H and O–H groups in total. The molecule has 0 aliphatic carbocycles. The first kappa shape index (κ1) is 14.0. The van der Waals surface area contributed by atoms with Crippen LogP contribution in [-0.4, -0.2) is 34.7 Å². The largest absolute Gasteiger partial charge is 0.506 e. The van der Waals surface area contributed by atoms with Gasteiger partial charge in [0.2, 0.25) is 0 Å². The molecule has 2 heterocycles. The van der Waals surface area contributed by atoms with Crippen LogP contribution in [0.25, 0.3) is 0 Å². The third-order valence-corrected chi connectivity index (χ3v) is 3.77. The van der Waals surface area contributed by atoms with Crippen LogP contribution in [0.2, 0.25) is 0 Å². The van der Waals surface area contributed by atoms with Gasteiger partial charge in [-0.15, -0.1) is 0 Å². The molecule has 0 bridgehead atoms. The average Bonchev–Trinajstić information content (AvgIpc) is 2.51. The zero-order valence-corrected chi connectivity index (χ0v) is 11.6. The third kappa shape index (κ3) is 2.50. The number of carbonyl (C=O) groups is 1. The second-order valence-corrected chi connectivity index (χ2v) is 5.69. The Balaban J connectivity index is 2.38. The quantitative estimate of drug-likeness (QED) is 0.646. The van der Waals surface area contributed by atoms with Crippen LogP contribution in [0, 0.1) is 0 Å². The van der Waals surface area contributed by atoms with E-state index in [1.54, 1.807) is 0 Å². The fraction of sp³-hybridized carbons (Fsp3) is 0.538. The van der Waals surface area contributed by atoms with Crippen molar-refractivity contribution in [1.29, 1.82) is 0 Å². The zero-order chi connectivity index (χ0) is 14.3. The first-order valence-electron chi connectivity index (χ1n) is 6.24. The summed E-state index contributed by atoms with van der Waals surface area (Å²) in [6.45, 7) is 7.79. The van der Waals surface area contributed by atoms with Crippen LogP contribution in [0.4, 0.5) is 0 Å². The third-order valence-electron chi connectivity index (χ3n) is 3.77. The van der Waals surface area contributed by atoms with E-state index < -0.39 is 18.3 Å². The monoisotopic (exact) mass is 263 g/mol. The van der Waals surface area contributed by atoms with Gasteiger partial charge in [0.1, 0.15) is 12.0 Å². The molecular formula is C13H18BNO4. The summed E-state index contributed by atoms with van der Waals surface area (Å²) in [5.74, 6) is 0.0272. The van der Waals surface area contributed by atoms with E-state index in [-0.39, 0.29) is 12.2 Å². The van der Waals surface area contributed by atoms with Gasteiger partial charge in [-0.25, -0.2) is 0 Å².